The summed E-state index contributed by atoms with van der Waals surface area (Å²) in [6, 6.07) is 6.58. The molecule has 0 aliphatic carbocycles. The molecule has 0 amide bonds. The van der Waals surface area contributed by atoms with Gasteiger partial charge in [0.05, 0.1) is 17.2 Å². The van der Waals surface area contributed by atoms with Gasteiger partial charge in [-0.3, -0.25) is 14.8 Å². The fourth-order valence-electron chi connectivity index (χ4n) is 1.84. The predicted molar refractivity (Wildman–Crippen MR) is 68.6 cm³/mol. The van der Waals surface area contributed by atoms with Crippen LogP contribution in [0.15, 0.2) is 24.3 Å². The zero-order valence-corrected chi connectivity index (χ0v) is 10.7. The van der Waals surface area contributed by atoms with Crippen LogP contribution in [-0.2, 0) is 6.54 Å². The van der Waals surface area contributed by atoms with Crippen LogP contribution in [0, 0.1) is 30.9 Å². The first-order chi connectivity index (χ1) is 8.49. The number of aromatic nitrogens is 2. The summed E-state index contributed by atoms with van der Waals surface area (Å²) in [7, 11) is 0. The molecule has 0 spiro atoms. The number of non-ortho nitro benzene ring substituents is 1. The number of hydrogen-bond acceptors (Lipinski definition) is 3. The summed E-state index contributed by atoms with van der Waals surface area (Å²) in [6.07, 6.45) is 0. The lowest BCUT2D eigenvalue weighted by atomic mass is 10.2. The second-order valence-electron chi connectivity index (χ2n) is 4.38. The fourth-order valence-corrected chi connectivity index (χ4v) is 1.84. The zero-order valence-electron chi connectivity index (χ0n) is 10.7. The van der Waals surface area contributed by atoms with Gasteiger partial charge in [0.15, 0.2) is 0 Å². The second-order valence-corrected chi connectivity index (χ2v) is 4.38. The number of nitrogens with zero attached hydrogens (tertiary/aromatic N) is 3. The molecule has 1 aromatic carbocycles. The van der Waals surface area contributed by atoms with Crippen molar-refractivity contribution < 1.29 is 4.92 Å². The number of hydrogen-bond donors (Lipinski definition) is 0. The summed E-state index contributed by atoms with van der Waals surface area (Å²) in [5.74, 6) is 0. The van der Waals surface area contributed by atoms with Gasteiger partial charge in [0.2, 0.25) is 0 Å². The third-order valence-electron chi connectivity index (χ3n) is 3.22. The topological polar surface area (TPSA) is 61.0 Å². The first kappa shape index (κ1) is 12.3. The summed E-state index contributed by atoms with van der Waals surface area (Å²) in [4.78, 5) is 10.2. The van der Waals surface area contributed by atoms with Crippen molar-refractivity contribution >= 4 is 5.69 Å². The molecule has 2 aromatic rings. The maximum atomic E-state index is 10.6. The van der Waals surface area contributed by atoms with E-state index in [4.69, 9.17) is 0 Å². The van der Waals surface area contributed by atoms with Crippen LogP contribution in [-0.4, -0.2) is 14.7 Å². The molecule has 0 N–H and O–H groups in total. The highest BCUT2D eigenvalue weighted by atomic mass is 16.6. The van der Waals surface area contributed by atoms with Crippen molar-refractivity contribution in [2.75, 3.05) is 0 Å². The molecule has 0 atom stereocenters. The summed E-state index contributed by atoms with van der Waals surface area (Å²) in [6.45, 7) is 6.69. The summed E-state index contributed by atoms with van der Waals surface area (Å²) >= 11 is 0. The van der Waals surface area contributed by atoms with Gasteiger partial charge >= 0.3 is 0 Å². The van der Waals surface area contributed by atoms with E-state index in [1.54, 1.807) is 12.1 Å². The molecule has 0 aliphatic rings. The van der Waals surface area contributed by atoms with E-state index in [0.717, 1.165) is 17.0 Å². The Hall–Kier alpha value is -2.17. The number of benzene rings is 1. The molecule has 0 saturated heterocycles. The van der Waals surface area contributed by atoms with Gasteiger partial charge < -0.3 is 0 Å². The van der Waals surface area contributed by atoms with Crippen molar-refractivity contribution in [1.82, 2.24) is 9.78 Å². The van der Waals surface area contributed by atoms with Crippen molar-refractivity contribution in [3.63, 3.8) is 0 Å². The lowest BCUT2D eigenvalue weighted by molar-refractivity contribution is -0.384. The van der Waals surface area contributed by atoms with Crippen LogP contribution in [0.4, 0.5) is 5.69 Å². The number of aryl methyl sites for hydroxylation is 1. The van der Waals surface area contributed by atoms with Gasteiger partial charge in [-0.2, -0.15) is 5.10 Å². The molecule has 0 unspecified atom stereocenters. The van der Waals surface area contributed by atoms with E-state index in [9.17, 15) is 10.1 Å². The molecule has 0 fully saturated rings. The monoisotopic (exact) mass is 245 g/mol. The highest BCUT2D eigenvalue weighted by molar-refractivity contribution is 5.33. The molecular formula is C13H15N3O2. The Labute approximate surface area is 105 Å². The van der Waals surface area contributed by atoms with Crippen LogP contribution in [0.5, 0.6) is 0 Å². The number of rotatable bonds is 3. The summed E-state index contributed by atoms with van der Waals surface area (Å²) in [5.41, 5.74) is 4.46. The third-order valence-corrected chi connectivity index (χ3v) is 3.22. The Bertz CT molecular complexity index is 585. The van der Waals surface area contributed by atoms with E-state index in [1.165, 1.54) is 17.7 Å². The number of nitro benzene ring substituents is 1. The molecule has 94 valence electrons. The summed E-state index contributed by atoms with van der Waals surface area (Å²) < 4.78 is 1.92. The zero-order chi connectivity index (χ0) is 13.3. The minimum atomic E-state index is -0.392. The fraction of sp³-hybridized carbons (Fsp3) is 0.308. The average Bonchev–Trinajstić information content (AvgIpc) is 2.58. The lowest BCUT2D eigenvalue weighted by Gasteiger charge is -2.04. The average molecular weight is 245 g/mol. The standard InChI is InChI=1S/C13H15N3O2/c1-9-10(2)14-15(11(9)3)8-12-4-6-13(7-5-12)16(17)18/h4-7H,8H2,1-3H3. The molecule has 5 nitrogen and oxygen atoms in total. The van der Waals surface area contributed by atoms with Crippen molar-refractivity contribution in [2.24, 2.45) is 0 Å². The first-order valence-electron chi connectivity index (χ1n) is 5.73. The maximum Gasteiger partial charge on any atom is 0.269 e. The van der Waals surface area contributed by atoms with Gasteiger partial charge in [0, 0.05) is 17.8 Å². The predicted octanol–water partition coefficient (Wildman–Crippen LogP) is 2.76. The minimum Gasteiger partial charge on any atom is -0.265 e. The molecule has 0 aliphatic heterocycles. The van der Waals surface area contributed by atoms with Gasteiger partial charge in [0.25, 0.3) is 5.69 Å². The van der Waals surface area contributed by atoms with Crippen LogP contribution < -0.4 is 0 Å². The summed E-state index contributed by atoms with van der Waals surface area (Å²) in [5, 5.41) is 15.0. The highest BCUT2D eigenvalue weighted by Crippen LogP contribution is 2.15. The first-order valence-corrected chi connectivity index (χ1v) is 5.73. The van der Waals surface area contributed by atoms with Crippen molar-refractivity contribution in [3.8, 4) is 0 Å². The SMILES string of the molecule is Cc1nn(Cc2ccc([N+](=O)[O-])cc2)c(C)c1C. The minimum absolute atomic E-state index is 0.114. The lowest BCUT2D eigenvalue weighted by Crippen LogP contribution is -2.04. The largest absolute Gasteiger partial charge is 0.269 e. The van der Waals surface area contributed by atoms with E-state index in [1.807, 2.05) is 25.5 Å². The third kappa shape index (κ3) is 2.25. The second kappa shape index (κ2) is 4.60. The van der Waals surface area contributed by atoms with Gasteiger partial charge in [-0.05, 0) is 31.9 Å². The van der Waals surface area contributed by atoms with Crippen LogP contribution in [0.25, 0.3) is 0 Å². The normalized spacial score (nSPS) is 10.6. The Morgan fingerprint density at radius 1 is 1.22 bits per heavy atom. The quantitative estimate of drug-likeness (QED) is 0.617. The molecule has 1 aromatic heterocycles. The van der Waals surface area contributed by atoms with E-state index >= 15 is 0 Å². The molecule has 18 heavy (non-hydrogen) atoms. The van der Waals surface area contributed by atoms with E-state index in [0.29, 0.717) is 6.54 Å². The molecule has 1 heterocycles. The molecule has 0 bridgehead atoms. The smallest absolute Gasteiger partial charge is 0.265 e. The number of nitro groups is 1. The Kier molecular flexibility index (Phi) is 3.14. The van der Waals surface area contributed by atoms with Crippen LogP contribution >= 0.6 is 0 Å². The molecule has 2 rings (SSSR count). The maximum absolute atomic E-state index is 10.6. The van der Waals surface area contributed by atoms with Crippen LogP contribution in [0.1, 0.15) is 22.5 Å². The van der Waals surface area contributed by atoms with Crippen molar-refractivity contribution in [3.05, 3.63) is 56.9 Å². The van der Waals surface area contributed by atoms with Crippen LogP contribution in [0.2, 0.25) is 0 Å². The van der Waals surface area contributed by atoms with Crippen LogP contribution in [0.3, 0.4) is 0 Å². The highest BCUT2D eigenvalue weighted by Gasteiger charge is 2.08. The molecule has 5 heteroatoms. The van der Waals surface area contributed by atoms with E-state index < -0.39 is 4.92 Å². The molecular weight excluding hydrogens is 230 g/mol. The molecule has 0 radical (unpaired) electrons. The van der Waals surface area contributed by atoms with Gasteiger partial charge in [-0.1, -0.05) is 12.1 Å². The molecule has 0 saturated carbocycles. The Morgan fingerprint density at radius 3 is 2.28 bits per heavy atom. The van der Waals surface area contributed by atoms with Crippen molar-refractivity contribution in [1.29, 1.82) is 0 Å². The Morgan fingerprint density at radius 2 is 1.83 bits per heavy atom. The Balaban J connectivity index is 2.23. The van der Waals surface area contributed by atoms with Gasteiger partial charge in [0.1, 0.15) is 0 Å². The van der Waals surface area contributed by atoms with E-state index in [2.05, 4.69) is 5.10 Å². The van der Waals surface area contributed by atoms with Gasteiger partial charge in [-0.25, -0.2) is 0 Å². The van der Waals surface area contributed by atoms with Crippen molar-refractivity contribution in [2.45, 2.75) is 27.3 Å². The van der Waals surface area contributed by atoms with Gasteiger partial charge in [-0.15, -0.1) is 0 Å². The van der Waals surface area contributed by atoms with E-state index in [-0.39, 0.29) is 5.69 Å².